The SMILES string of the molecule is COc1cc(C=C2SC(=O)N(CC(=O)Nc3cccc4ccccc34)C2=O)ccc1OCC(=O)O. The number of carboxylic acid groups (broad SMARTS) is 1. The van der Waals surface area contributed by atoms with Crippen LogP contribution in [0.25, 0.3) is 16.8 Å². The fourth-order valence-corrected chi connectivity index (χ4v) is 4.33. The summed E-state index contributed by atoms with van der Waals surface area (Å²) < 4.78 is 10.4. The number of anilines is 1. The topological polar surface area (TPSA) is 122 Å². The van der Waals surface area contributed by atoms with Crippen molar-refractivity contribution in [2.75, 3.05) is 25.6 Å². The molecule has 1 fully saturated rings. The van der Waals surface area contributed by atoms with E-state index in [1.807, 2.05) is 36.4 Å². The number of hydrogen-bond donors (Lipinski definition) is 2. The van der Waals surface area contributed by atoms with Gasteiger partial charge in [-0.3, -0.25) is 19.3 Å². The molecule has 35 heavy (non-hydrogen) atoms. The number of nitrogens with zero attached hydrogens (tertiary/aromatic N) is 1. The molecule has 1 saturated heterocycles. The molecule has 3 aromatic carbocycles. The molecule has 0 unspecified atom stereocenters. The van der Waals surface area contributed by atoms with Gasteiger partial charge in [-0.1, -0.05) is 42.5 Å². The predicted octanol–water partition coefficient (Wildman–Crippen LogP) is 3.99. The monoisotopic (exact) mass is 492 g/mol. The van der Waals surface area contributed by atoms with E-state index < -0.39 is 36.2 Å². The van der Waals surface area contributed by atoms with Crippen LogP contribution in [0.4, 0.5) is 10.5 Å². The quantitative estimate of drug-likeness (QED) is 0.453. The summed E-state index contributed by atoms with van der Waals surface area (Å²) in [6, 6.07) is 17.7. The van der Waals surface area contributed by atoms with Gasteiger partial charge in [-0.05, 0) is 47.0 Å². The Morgan fingerprint density at radius 1 is 1.06 bits per heavy atom. The van der Waals surface area contributed by atoms with Crippen molar-refractivity contribution in [1.29, 1.82) is 0 Å². The lowest BCUT2D eigenvalue weighted by molar-refractivity contribution is -0.139. The van der Waals surface area contributed by atoms with E-state index in [0.717, 1.165) is 27.4 Å². The van der Waals surface area contributed by atoms with Crippen LogP contribution in [0.15, 0.2) is 65.6 Å². The van der Waals surface area contributed by atoms with Gasteiger partial charge >= 0.3 is 5.97 Å². The molecule has 0 saturated carbocycles. The average molecular weight is 493 g/mol. The number of fused-ring (bicyclic) bond motifs is 1. The molecular formula is C25H20N2O7S. The molecule has 178 valence electrons. The van der Waals surface area contributed by atoms with E-state index in [1.54, 1.807) is 18.2 Å². The lowest BCUT2D eigenvalue weighted by atomic mass is 10.1. The molecule has 0 bridgehead atoms. The zero-order valence-electron chi connectivity index (χ0n) is 18.5. The molecule has 0 atom stereocenters. The number of carboxylic acids is 1. The first-order valence-electron chi connectivity index (χ1n) is 10.4. The Kier molecular flexibility index (Phi) is 7.02. The number of amides is 3. The summed E-state index contributed by atoms with van der Waals surface area (Å²) in [6.45, 7) is -0.952. The van der Waals surface area contributed by atoms with E-state index in [-0.39, 0.29) is 16.4 Å². The molecule has 0 aromatic heterocycles. The molecule has 3 amide bonds. The normalized spacial score (nSPS) is 14.4. The zero-order valence-corrected chi connectivity index (χ0v) is 19.3. The summed E-state index contributed by atoms with van der Waals surface area (Å²) in [5, 5.41) is 12.8. The van der Waals surface area contributed by atoms with Crippen LogP contribution in [0.2, 0.25) is 0 Å². The first-order valence-corrected chi connectivity index (χ1v) is 11.2. The van der Waals surface area contributed by atoms with Crippen LogP contribution in [0.1, 0.15) is 5.56 Å². The number of carbonyl (C=O) groups excluding carboxylic acids is 3. The number of thioether (sulfide) groups is 1. The molecule has 4 rings (SSSR count). The predicted molar refractivity (Wildman–Crippen MR) is 131 cm³/mol. The third-order valence-corrected chi connectivity index (χ3v) is 5.98. The van der Waals surface area contributed by atoms with Crippen LogP contribution in [-0.4, -0.2) is 53.3 Å². The average Bonchev–Trinajstić information content (AvgIpc) is 3.10. The molecular weight excluding hydrogens is 472 g/mol. The number of nitrogens with one attached hydrogen (secondary N) is 1. The summed E-state index contributed by atoms with van der Waals surface area (Å²) in [6.07, 6.45) is 1.50. The number of benzene rings is 3. The largest absolute Gasteiger partial charge is 0.493 e. The summed E-state index contributed by atoms with van der Waals surface area (Å²) in [4.78, 5) is 49.7. The summed E-state index contributed by atoms with van der Waals surface area (Å²) in [7, 11) is 1.40. The van der Waals surface area contributed by atoms with Gasteiger partial charge in [0.2, 0.25) is 5.91 Å². The lowest BCUT2D eigenvalue weighted by Crippen LogP contribution is -2.36. The van der Waals surface area contributed by atoms with E-state index in [1.165, 1.54) is 19.3 Å². The Labute approximate surface area is 204 Å². The fourth-order valence-electron chi connectivity index (χ4n) is 3.49. The maximum Gasteiger partial charge on any atom is 0.341 e. The highest BCUT2D eigenvalue weighted by Crippen LogP contribution is 2.34. The number of aliphatic carboxylic acids is 1. The Balaban J connectivity index is 1.47. The first kappa shape index (κ1) is 23.8. The summed E-state index contributed by atoms with van der Waals surface area (Å²) in [5.74, 6) is -1.71. The Hall–Kier alpha value is -4.31. The Morgan fingerprint density at radius 2 is 1.83 bits per heavy atom. The lowest BCUT2D eigenvalue weighted by Gasteiger charge is -2.13. The van der Waals surface area contributed by atoms with Crippen LogP contribution >= 0.6 is 11.8 Å². The first-order chi connectivity index (χ1) is 16.9. The second-order valence-corrected chi connectivity index (χ2v) is 8.43. The van der Waals surface area contributed by atoms with Gasteiger partial charge in [-0.25, -0.2) is 4.79 Å². The van der Waals surface area contributed by atoms with Crippen LogP contribution < -0.4 is 14.8 Å². The number of methoxy groups -OCH3 is 1. The maximum atomic E-state index is 12.8. The molecule has 2 N–H and O–H groups in total. The van der Waals surface area contributed by atoms with Crippen LogP contribution in [0, 0.1) is 0 Å². The minimum atomic E-state index is -1.13. The van der Waals surface area contributed by atoms with Crippen molar-refractivity contribution in [3.05, 3.63) is 71.1 Å². The fraction of sp³-hybridized carbons (Fsp3) is 0.120. The van der Waals surface area contributed by atoms with Crippen LogP contribution in [-0.2, 0) is 14.4 Å². The minimum Gasteiger partial charge on any atom is -0.493 e. The second-order valence-electron chi connectivity index (χ2n) is 7.44. The smallest absolute Gasteiger partial charge is 0.341 e. The minimum absolute atomic E-state index is 0.147. The molecule has 1 heterocycles. The maximum absolute atomic E-state index is 12.8. The number of rotatable bonds is 8. The van der Waals surface area contributed by atoms with Crippen molar-refractivity contribution >= 4 is 57.3 Å². The van der Waals surface area contributed by atoms with E-state index in [4.69, 9.17) is 14.6 Å². The highest BCUT2D eigenvalue weighted by Gasteiger charge is 2.36. The molecule has 9 nitrogen and oxygen atoms in total. The summed E-state index contributed by atoms with van der Waals surface area (Å²) >= 11 is 0.728. The highest BCUT2D eigenvalue weighted by atomic mass is 32.2. The standard InChI is InChI=1S/C25H20N2O7S/c1-33-20-11-15(9-10-19(20)34-14-23(29)30)12-21-24(31)27(25(32)35-21)13-22(28)26-18-8-4-6-16-5-2-3-7-17(16)18/h2-12H,13-14H2,1H3,(H,26,28)(H,29,30). The molecule has 0 aliphatic carbocycles. The van der Waals surface area contributed by atoms with Crippen molar-refractivity contribution in [1.82, 2.24) is 4.90 Å². The molecule has 1 aliphatic rings. The number of imide groups is 1. The van der Waals surface area contributed by atoms with Crippen molar-refractivity contribution in [2.45, 2.75) is 0 Å². The third kappa shape index (κ3) is 5.44. The molecule has 3 aromatic rings. The molecule has 10 heteroatoms. The third-order valence-electron chi connectivity index (χ3n) is 5.08. The van der Waals surface area contributed by atoms with Gasteiger partial charge in [0.05, 0.1) is 12.0 Å². The van der Waals surface area contributed by atoms with Crippen molar-refractivity contribution in [3.8, 4) is 11.5 Å². The Bertz CT molecular complexity index is 1360. The van der Waals surface area contributed by atoms with Crippen molar-refractivity contribution in [2.24, 2.45) is 0 Å². The summed E-state index contributed by atoms with van der Waals surface area (Å²) in [5.41, 5.74) is 1.13. The Morgan fingerprint density at radius 3 is 2.60 bits per heavy atom. The van der Waals surface area contributed by atoms with Gasteiger partial charge in [0, 0.05) is 11.1 Å². The van der Waals surface area contributed by atoms with Crippen LogP contribution in [0.3, 0.4) is 0 Å². The number of hydrogen-bond acceptors (Lipinski definition) is 7. The second kappa shape index (κ2) is 10.3. The molecule has 1 aliphatic heterocycles. The van der Waals surface area contributed by atoms with Crippen molar-refractivity contribution in [3.63, 3.8) is 0 Å². The van der Waals surface area contributed by atoms with E-state index >= 15 is 0 Å². The highest BCUT2D eigenvalue weighted by molar-refractivity contribution is 8.18. The van der Waals surface area contributed by atoms with Crippen LogP contribution in [0.5, 0.6) is 11.5 Å². The number of carbonyl (C=O) groups is 4. The molecule has 0 spiro atoms. The van der Waals surface area contributed by atoms with E-state index in [9.17, 15) is 19.2 Å². The zero-order chi connectivity index (χ0) is 24.9. The van der Waals surface area contributed by atoms with Gasteiger partial charge in [0.15, 0.2) is 18.1 Å². The van der Waals surface area contributed by atoms with E-state index in [2.05, 4.69) is 5.32 Å². The van der Waals surface area contributed by atoms with Gasteiger partial charge in [-0.15, -0.1) is 0 Å². The van der Waals surface area contributed by atoms with E-state index in [0.29, 0.717) is 11.3 Å². The van der Waals surface area contributed by atoms with Gasteiger partial charge in [-0.2, -0.15) is 0 Å². The van der Waals surface area contributed by atoms with Gasteiger partial charge in [0.1, 0.15) is 6.54 Å². The van der Waals surface area contributed by atoms with Crippen molar-refractivity contribution < 1.29 is 33.8 Å². The number of ether oxygens (including phenoxy) is 2. The van der Waals surface area contributed by atoms with Gasteiger partial charge in [0.25, 0.3) is 11.1 Å². The van der Waals surface area contributed by atoms with Gasteiger partial charge < -0.3 is 19.9 Å². The molecule has 0 radical (unpaired) electrons.